The average molecular weight is 348 g/mol. The van der Waals surface area contributed by atoms with E-state index in [2.05, 4.69) is 42.7 Å². The van der Waals surface area contributed by atoms with Crippen molar-refractivity contribution in [2.45, 2.75) is 13.3 Å². The van der Waals surface area contributed by atoms with Gasteiger partial charge in [-0.3, -0.25) is 0 Å². The van der Waals surface area contributed by atoms with Gasteiger partial charge < -0.3 is 5.32 Å². The monoisotopic (exact) mass is 347 g/mol. The van der Waals surface area contributed by atoms with E-state index in [1.54, 1.807) is 11.3 Å². The van der Waals surface area contributed by atoms with E-state index in [1.807, 2.05) is 31.3 Å². The summed E-state index contributed by atoms with van der Waals surface area (Å²) in [5.41, 5.74) is 1.09. The lowest BCUT2D eigenvalue weighted by Crippen LogP contribution is -2.06. The van der Waals surface area contributed by atoms with Gasteiger partial charge in [-0.15, -0.1) is 11.3 Å². The van der Waals surface area contributed by atoms with Gasteiger partial charge in [0.25, 0.3) is 0 Å². The summed E-state index contributed by atoms with van der Waals surface area (Å²) in [4.78, 5) is 8.90. The number of pyridine rings is 1. The summed E-state index contributed by atoms with van der Waals surface area (Å²) in [7, 11) is 0. The van der Waals surface area contributed by atoms with Gasteiger partial charge in [0.2, 0.25) is 0 Å². The number of rotatable bonds is 4. The number of hydrogen-bond acceptors (Lipinski definition) is 4. The summed E-state index contributed by atoms with van der Waals surface area (Å²) in [6.45, 7) is 2.86. The van der Waals surface area contributed by atoms with Crippen molar-refractivity contribution in [1.29, 1.82) is 0 Å². The Morgan fingerprint density at radius 2 is 2.15 bits per heavy atom. The van der Waals surface area contributed by atoms with Crippen LogP contribution in [0, 0.1) is 6.92 Å². The second-order valence-corrected chi connectivity index (χ2v) is 6.35. The van der Waals surface area contributed by atoms with E-state index in [0.717, 1.165) is 39.3 Å². The molecule has 0 radical (unpaired) electrons. The van der Waals surface area contributed by atoms with E-state index in [1.165, 1.54) is 5.39 Å². The summed E-state index contributed by atoms with van der Waals surface area (Å²) in [5.74, 6) is 0.928. The largest absolute Gasteiger partial charge is 0.369 e. The van der Waals surface area contributed by atoms with Crippen LogP contribution in [0.1, 0.15) is 10.7 Å². The van der Waals surface area contributed by atoms with Gasteiger partial charge in [-0.25, -0.2) is 9.97 Å². The highest BCUT2D eigenvalue weighted by Gasteiger charge is 2.05. The molecule has 20 heavy (non-hydrogen) atoms. The highest BCUT2D eigenvalue weighted by atomic mass is 79.9. The number of nitrogens with one attached hydrogen (secondary N) is 1. The summed E-state index contributed by atoms with van der Waals surface area (Å²) in [5, 5.41) is 8.97. The van der Waals surface area contributed by atoms with Gasteiger partial charge in [0.1, 0.15) is 5.82 Å². The molecule has 102 valence electrons. The number of anilines is 1. The molecular formula is C15H14BrN3S. The van der Waals surface area contributed by atoms with E-state index < -0.39 is 0 Å². The summed E-state index contributed by atoms with van der Waals surface area (Å²) in [6.07, 6.45) is 2.76. The van der Waals surface area contributed by atoms with Crippen LogP contribution in [0.2, 0.25) is 0 Å². The lowest BCUT2D eigenvalue weighted by molar-refractivity contribution is 0.980. The van der Waals surface area contributed by atoms with Crippen molar-refractivity contribution in [2.75, 3.05) is 11.9 Å². The van der Waals surface area contributed by atoms with Gasteiger partial charge in [-0.05, 0) is 19.1 Å². The van der Waals surface area contributed by atoms with Crippen LogP contribution in [0.5, 0.6) is 0 Å². The predicted octanol–water partition coefficient (Wildman–Crippen LogP) is 4.42. The van der Waals surface area contributed by atoms with E-state index in [4.69, 9.17) is 0 Å². The molecule has 0 aliphatic heterocycles. The van der Waals surface area contributed by atoms with E-state index >= 15 is 0 Å². The van der Waals surface area contributed by atoms with Gasteiger partial charge in [0.05, 0.1) is 5.01 Å². The zero-order chi connectivity index (χ0) is 13.9. The van der Waals surface area contributed by atoms with Crippen LogP contribution in [-0.2, 0) is 6.42 Å². The lowest BCUT2D eigenvalue weighted by Gasteiger charge is -2.08. The fraction of sp³-hybridized carbons (Fsp3) is 0.200. The molecule has 0 atom stereocenters. The second-order valence-electron chi connectivity index (χ2n) is 4.55. The SMILES string of the molecule is Cc1csc(CCNc2nccc3c(Br)cccc23)n1. The number of aromatic nitrogens is 2. The molecule has 0 amide bonds. The van der Waals surface area contributed by atoms with E-state index in [-0.39, 0.29) is 0 Å². The third kappa shape index (κ3) is 2.83. The van der Waals surface area contributed by atoms with Crippen LogP contribution >= 0.6 is 27.3 Å². The molecule has 3 nitrogen and oxygen atoms in total. The minimum atomic E-state index is 0.839. The van der Waals surface area contributed by atoms with Crippen LogP contribution in [0.15, 0.2) is 40.3 Å². The zero-order valence-corrected chi connectivity index (χ0v) is 13.5. The minimum absolute atomic E-state index is 0.839. The number of nitrogens with zero attached hydrogens (tertiary/aromatic N) is 2. The first kappa shape index (κ1) is 13.5. The maximum absolute atomic E-state index is 4.47. The number of hydrogen-bond donors (Lipinski definition) is 1. The first-order chi connectivity index (χ1) is 9.74. The molecule has 1 aromatic carbocycles. The predicted molar refractivity (Wildman–Crippen MR) is 88.5 cm³/mol. The molecule has 0 aliphatic carbocycles. The molecular weight excluding hydrogens is 334 g/mol. The van der Waals surface area contributed by atoms with Crippen LogP contribution in [0.3, 0.4) is 0 Å². The molecule has 0 aliphatic rings. The minimum Gasteiger partial charge on any atom is -0.369 e. The van der Waals surface area contributed by atoms with Crippen molar-refractivity contribution < 1.29 is 0 Å². The van der Waals surface area contributed by atoms with Crippen LogP contribution in [-0.4, -0.2) is 16.5 Å². The summed E-state index contributed by atoms with van der Waals surface area (Å²) in [6, 6.07) is 8.19. The van der Waals surface area contributed by atoms with Crippen molar-refractivity contribution in [3.63, 3.8) is 0 Å². The molecule has 3 aromatic rings. The Morgan fingerprint density at radius 3 is 2.95 bits per heavy atom. The normalized spacial score (nSPS) is 10.9. The summed E-state index contributed by atoms with van der Waals surface area (Å²) >= 11 is 5.29. The van der Waals surface area contributed by atoms with Gasteiger partial charge in [-0.1, -0.05) is 28.1 Å². The molecule has 0 fully saturated rings. The number of benzene rings is 1. The maximum atomic E-state index is 4.47. The Hall–Kier alpha value is -1.46. The molecule has 1 N–H and O–H groups in total. The molecule has 0 spiro atoms. The van der Waals surface area contributed by atoms with Crippen LogP contribution in [0.4, 0.5) is 5.82 Å². The second kappa shape index (κ2) is 5.89. The first-order valence-electron chi connectivity index (χ1n) is 6.42. The van der Waals surface area contributed by atoms with Gasteiger partial charge in [0.15, 0.2) is 0 Å². The quantitative estimate of drug-likeness (QED) is 0.759. The van der Waals surface area contributed by atoms with Crippen molar-refractivity contribution in [3.05, 3.63) is 51.0 Å². The molecule has 2 aromatic heterocycles. The number of thiazole rings is 1. The van der Waals surface area contributed by atoms with Crippen molar-refractivity contribution >= 4 is 43.9 Å². The Morgan fingerprint density at radius 1 is 1.25 bits per heavy atom. The number of halogens is 1. The smallest absolute Gasteiger partial charge is 0.133 e. The van der Waals surface area contributed by atoms with E-state index in [9.17, 15) is 0 Å². The Balaban J connectivity index is 1.76. The number of fused-ring (bicyclic) bond motifs is 1. The molecule has 2 heterocycles. The maximum Gasteiger partial charge on any atom is 0.133 e. The third-order valence-electron chi connectivity index (χ3n) is 3.05. The fourth-order valence-electron chi connectivity index (χ4n) is 2.12. The highest BCUT2D eigenvalue weighted by Crippen LogP contribution is 2.27. The standard InChI is InChI=1S/C15H14BrN3S/c1-10-9-20-14(19-10)6-8-18-15-12-3-2-4-13(16)11(12)5-7-17-15/h2-5,7,9H,6,8H2,1H3,(H,17,18). The van der Waals surface area contributed by atoms with Gasteiger partial charge >= 0.3 is 0 Å². The molecule has 0 saturated carbocycles. The van der Waals surface area contributed by atoms with Crippen LogP contribution < -0.4 is 5.32 Å². The Labute approximate surface area is 130 Å². The first-order valence-corrected chi connectivity index (χ1v) is 8.09. The third-order valence-corrected chi connectivity index (χ3v) is 4.77. The Bertz CT molecular complexity index is 739. The molecule has 0 bridgehead atoms. The molecule has 0 unspecified atom stereocenters. The van der Waals surface area contributed by atoms with Gasteiger partial charge in [-0.2, -0.15) is 0 Å². The number of aryl methyl sites for hydroxylation is 1. The van der Waals surface area contributed by atoms with E-state index in [0.29, 0.717) is 0 Å². The van der Waals surface area contributed by atoms with Gasteiger partial charge in [0, 0.05) is 45.5 Å². The summed E-state index contributed by atoms with van der Waals surface area (Å²) < 4.78 is 1.09. The molecule has 5 heteroatoms. The average Bonchev–Trinajstić information content (AvgIpc) is 2.86. The topological polar surface area (TPSA) is 37.8 Å². The van der Waals surface area contributed by atoms with Crippen LogP contribution in [0.25, 0.3) is 10.8 Å². The highest BCUT2D eigenvalue weighted by molar-refractivity contribution is 9.10. The Kier molecular flexibility index (Phi) is 3.98. The van der Waals surface area contributed by atoms with Crippen molar-refractivity contribution in [3.8, 4) is 0 Å². The zero-order valence-electron chi connectivity index (χ0n) is 11.1. The molecule has 0 saturated heterocycles. The van der Waals surface area contributed by atoms with Crippen molar-refractivity contribution in [2.24, 2.45) is 0 Å². The lowest BCUT2D eigenvalue weighted by atomic mass is 10.1. The van der Waals surface area contributed by atoms with Crippen molar-refractivity contribution in [1.82, 2.24) is 9.97 Å². The fourth-order valence-corrected chi connectivity index (χ4v) is 3.39. The molecule has 3 rings (SSSR count).